The third kappa shape index (κ3) is 8.58. The van der Waals surface area contributed by atoms with Crippen LogP contribution in [0.15, 0.2) is 78.9 Å². The molecule has 0 aliphatic heterocycles. The van der Waals surface area contributed by atoms with Gasteiger partial charge >= 0.3 is 0 Å². The van der Waals surface area contributed by atoms with Crippen molar-refractivity contribution in [3.05, 3.63) is 95.6 Å². The summed E-state index contributed by atoms with van der Waals surface area (Å²) < 4.78 is 32.0. The highest BCUT2D eigenvalue weighted by molar-refractivity contribution is 7.92. The molecule has 0 unspecified atom stereocenters. The number of hydrogen-bond donors (Lipinski definition) is 1. The Labute approximate surface area is 238 Å². The van der Waals surface area contributed by atoms with Crippen LogP contribution >= 0.6 is 0 Å². The normalized spacial score (nSPS) is 12.7. The van der Waals surface area contributed by atoms with Crippen LogP contribution in [0.5, 0.6) is 5.75 Å². The van der Waals surface area contributed by atoms with Crippen molar-refractivity contribution in [2.24, 2.45) is 0 Å². The van der Waals surface area contributed by atoms with Crippen molar-refractivity contribution >= 4 is 27.5 Å². The summed E-state index contributed by atoms with van der Waals surface area (Å²) in [6, 6.07) is 22.7. The van der Waals surface area contributed by atoms with Gasteiger partial charge in [-0.2, -0.15) is 0 Å². The lowest BCUT2D eigenvalue weighted by molar-refractivity contribution is -0.140. The van der Waals surface area contributed by atoms with E-state index < -0.39 is 28.5 Å². The van der Waals surface area contributed by atoms with E-state index in [1.807, 2.05) is 75.4 Å². The summed E-state index contributed by atoms with van der Waals surface area (Å²) in [5.74, 6) is -0.202. The smallest absolute Gasteiger partial charge is 0.244 e. The minimum absolute atomic E-state index is 0.0893. The molecule has 0 saturated heterocycles. The Hall–Kier alpha value is -3.85. The maximum Gasteiger partial charge on any atom is 0.244 e. The number of aryl methyl sites for hydroxylation is 1. The Balaban J connectivity index is 2.05. The molecule has 40 heavy (non-hydrogen) atoms. The maximum atomic E-state index is 14.1. The first-order valence-corrected chi connectivity index (χ1v) is 15.2. The lowest BCUT2D eigenvalue weighted by Gasteiger charge is -2.34. The quantitative estimate of drug-likeness (QED) is 0.333. The summed E-state index contributed by atoms with van der Waals surface area (Å²) in [6.45, 7) is 5.54. The van der Waals surface area contributed by atoms with Crippen LogP contribution in [0, 0.1) is 6.92 Å². The van der Waals surface area contributed by atoms with Crippen molar-refractivity contribution in [2.75, 3.05) is 24.2 Å². The van der Waals surface area contributed by atoms with Gasteiger partial charge in [0.25, 0.3) is 0 Å². The number of benzene rings is 3. The summed E-state index contributed by atoms with van der Waals surface area (Å²) in [7, 11) is -2.31. The predicted molar refractivity (Wildman–Crippen MR) is 159 cm³/mol. The molecular weight excluding hydrogens is 526 g/mol. The van der Waals surface area contributed by atoms with E-state index in [4.69, 9.17) is 4.74 Å². The molecule has 9 heteroatoms. The molecule has 0 aliphatic rings. The van der Waals surface area contributed by atoms with Crippen molar-refractivity contribution in [1.29, 1.82) is 0 Å². The van der Waals surface area contributed by atoms with Crippen molar-refractivity contribution in [1.82, 2.24) is 10.2 Å². The third-order valence-corrected chi connectivity index (χ3v) is 7.89. The lowest BCUT2D eigenvalue weighted by Crippen LogP contribution is -2.54. The monoisotopic (exact) mass is 565 g/mol. The number of nitrogens with zero attached hydrogens (tertiary/aromatic N) is 2. The van der Waals surface area contributed by atoms with Gasteiger partial charge in [0.15, 0.2) is 0 Å². The largest absolute Gasteiger partial charge is 0.497 e. The van der Waals surface area contributed by atoms with E-state index in [2.05, 4.69) is 5.32 Å². The molecule has 3 aromatic rings. The van der Waals surface area contributed by atoms with Crippen LogP contribution in [0.3, 0.4) is 0 Å². The molecule has 3 aromatic carbocycles. The highest BCUT2D eigenvalue weighted by Crippen LogP contribution is 2.23. The third-order valence-electron chi connectivity index (χ3n) is 6.75. The van der Waals surface area contributed by atoms with Crippen molar-refractivity contribution < 1.29 is 22.7 Å². The molecule has 8 nitrogen and oxygen atoms in total. The van der Waals surface area contributed by atoms with Crippen LogP contribution in [0.25, 0.3) is 0 Å². The lowest BCUT2D eigenvalue weighted by atomic mass is 10.0. The van der Waals surface area contributed by atoms with Gasteiger partial charge in [-0.05, 0) is 55.7 Å². The first kappa shape index (κ1) is 30.7. The van der Waals surface area contributed by atoms with Gasteiger partial charge in [-0.25, -0.2) is 8.42 Å². The number of nitrogens with one attached hydrogen (secondary N) is 1. The minimum Gasteiger partial charge on any atom is -0.497 e. The summed E-state index contributed by atoms with van der Waals surface area (Å²) in [4.78, 5) is 29.3. The zero-order valence-corrected chi connectivity index (χ0v) is 24.6. The van der Waals surface area contributed by atoms with E-state index >= 15 is 0 Å². The van der Waals surface area contributed by atoms with E-state index in [-0.39, 0.29) is 24.9 Å². The number of amides is 2. The standard InChI is InChI=1S/C31H39N3O5S/c1-6-24(3)32-31(36)29(20-25-12-8-7-9-13-25)33(21-26-14-10-11-23(2)19-26)30(35)22-34(40(5,37)38)27-15-17-28(39-4)18-16-27/h7-19,24,29H,6,20-22H2,1-5H3,(H,32,36)/t24-,29-/m0/s1. The van der Waals surface area contributed by atoms with Crippen LogP contribution in [-0.4, -0.2) is 57.1 Å². The highest BCUT2D eigenvalue weighted by atomic mass is 32.2. The average Bonchev–Trinajstić information content (AvgIpc) is 2.93. The minimum atomic E-state index is -3.83. The Kier molecular flexibility index (Phi) is 10.7. The van der Waals surface area contributed by atoms with Gasteiger partial charge in [-0.1, -0.05) is 67.1 Å². The van der Waals surface area contributed by atoms with Gasteiger partial charge in [-0.15, -0.1) is 0 Å². The molecule has 0 aliphatic carbocycles. The van der Waals surface area contributed by atoms with E-state index in [9.17, 15) is 18.0 Å². The fraction of sp³-hybridized carbons (Fsp3) is 0.355. The predicted octanol–water partition coefficient (Wildman–Crippen LogP) is 4.32. The van der Waals surface area contributed by atoms with Gasteiger partial charge < -0.3 is 15.0 Å². The van der Waals surface area contributed by atoms with Gasteiger partial charge in [0.05, 0.1) is 19.1 Å². The first-order valence-electron chi connectivity index (χ1n) is 13.3. The van der Waals surface area contributed by atoms with Crippen LogP contribution < -0.4 is 14.4 Å². The molecule has 0 fully saturated rings. The summed E-state index contributed by atoms with van der Waals surface area (Å²) >= 11 is 0. The molecule has 0 heterocycles. The second-order valence-corrected chi connectivity index (χ2v) is 11.9. The van der Waals surface area contributed by atoms with Crippen LogP contribution in [0.4, 0.5) is 5.69 Å². The number of sulfonamides is 1. The Morgan fingerprint density at radius 3 is 2.17 bits per heavy atom. The van der Waals surface area contributed by atoms with Crippen LogP contribution in [0.2, 0.25) is 0 Å². The topological polar surface area (TPSA) is 96.0 Å². The zero-order valence-electron chi connectivity index (χ0n) is 23.8. The number of carbonyl (C=O) groups excluding carboxylic acids is 2. The molecule has 0 spiro atoms. The zero-order chi connectivity index (χ0) is 29.3. The summed E-state index contributed by atoms with van der Waals surface area (Å²) in [5, 5.41) is 3.03. The Bertz CT molecular complexity index is 1380. The number of methoxy groups -OCH3 is 1. The fourth-order valence-electron chi connectivity index (χ4n) is 4.36. The molecule has 0 bridgehead atoms. The molecule has 2 atom stereocenters. The van der Waals surface area contributed by atoms with E-state index in [1.165, 1.54) is 12.0 Å². The molecule has 0 saturated carbocycles. The van der Waals surface area contributed by atoms with E-state index in [1.54, 1.807) is 24.3 Å². The van der Waals surface area contributed by atoms with Gasteiger partial charge in [0, 0.05) is 19.0 Å². The first-order chi connectivity index (χ1) is 19.0. The Morgan fingerprint density at radius 1 is 0.950 bits per heavy atom. The van der Waals surface area contributed by atoms with Crippen molar-refractivity contribution in [3.8, 4) is 5.75 Å². The van der Waals surface area contributed by atoms with Crippen molar-refractivity contribution in [3.63, 3.8) is 0 Å². The van der Waals surface area contributed by atoms with Gasteiger partial charge in [0.2, 0.25) is 21.8 Å². The number of carbonyl (C=O) groups is 2. The second-order valence-electron chi connectivity index (χ2n) is 10.0. The maximum absolute atomic E-state index is 14.1. The van der Waals surface area contributed by atoms with E-state index in [0.29, 0.717) is 11.4 Å². The fourth-order valence-corrected chi connectivity index (χ4v) is 5.21. The number of anilines is 1. The van der Waals surface area contributed by atoms with Crippen LogP contribution in [-0.2, 0) is 32.6 Å². The molecule has 2 amide bonds. The molecule has 214 valence electrons. The van der Waals surface area contributed by atoms with Gasteiger partial charge in [0.1, 0.15) is 18.3 Å². The number of rotatable bonds is 13. The summed E-state index contributed by atoms with van der Waals surface area (Å²) in [6.07, 6.45) is 2.07. The van der Waals surface area contributed by atoms with Crippen LogP contribution in [0.1, 0.15) is 37.0 Å². The molecule has 3 rings (SSSR count). The number of hydrogen-bond acceptors (Lipinski definition) is 5. The molecule has 0 radical (unpaired) electrons. The number of ether oxygens (including phenoxy) is 1. The van der Waals surface area contributed by atoms with Crippen molar-refractivity contribution in [2.45, 2.75) is 52.2 Å². The molecule has 1 N–H and O–H groups in total. The van der Waals surface area contributed by atoms with E-state index in [0.717, 1.165) is 33.7 Å². The SMILES string of the molecule is CC[C@H](C)NC(=O)[C@H](Cc1ccccc1)N(Cc1cccc(C)c1)C(=O)CN(c1ccc(OC)cc1)S(C)(=O)=O. The second kappa shape index (κ2) is 14.0. The summed E-state index contributed by atoms with van der Waals surface area (Å²) in [5.41, 5.74) is 3.09. The molecule has 0 aromatic heterocycles. The van der Waals surface area contributed by atoms with Gasteiger partial charge in [-0.3, -0.25) is 13.9 Å². The highest BCUT2D eigenvalue weighted by Gasteiger charge is 2.33. The average molecular weight is 566 g/mol. The molecular formula is C31H39N3O5S. The Morgan fingerprint density at radius 2 is 1.60 bits per heavy atom.